The van der Waals surface area contributed by atoms with Crippen LogP contribution in [-0.2, 0) is 10.0 Å². The number of allylic oxidation sites excluding steroid dienone is 2. The Morgan fingerprint density at radius 3 is 2.52 bits per heavy atom. The maximum atomic E-state index is 13.0. The van der Waals surface area contributed by atoms with Crippen molar-refractivity contribution in [3.8, 4) is 0 Å². The Morgan fingerprint density at radius 2 is 1.83 bits per heavy atom. The second-order valence-corrected chi connectivity index (χ2v) is 10.3. The number of hydrogen-bond acceptors (Lipinski definition) is 3. The Hall–Kier alpha value is -1.53. The lowest BCUT2D eigenvalue weighted by molar-refractivity contribution is 0.424. The van der Waals surface area contributed by atoms with Crippen molar-refractivity contribution in [1.82, 2.24) is 4.31 Å². The minimum atomic E-state index is -3.49. The zero-order chi connectivity index (χ0) is 20.8. The number of hydrogen-bond donors (Lipinski definition) is 1. The largest absolute Gasteiger partial charge is 0.378 e. The van der Waals surface area contributed by atoms with Crippen LogP contribution in [0.5, 0.6) is 0 Å². The van der Waals surface area contributed by atoms with Crippen molar-refractivity contribution in [2.45, 2.75) is 37.1 Å². The Morgan fingerprint density at radius 1 is 1.07 bits per heavy atom. The molecule has 3 atom stereocenters. The third kappa shape index (κ3) is 3.59. The van der Waals surface area contributed by atoms with E-state index in [1.807, 2.05) is 38.1 Å². The second-order valence-electron chi connectivity index (χ2n) is 7.48. The summed E-state index contributed by atoms with van der Waals surface area (Å²) in [5.41, 5.74) is 2.99. The quantitative estimate of drug-likeness (QED) is 0.580. The van der Waals surface area contributed by atoms with Crippen molar-refractivity contribution in [3.05, 3.63) is 69.7 Å². The van der Waals surface area contributed by atoms with Gasteiger partial charge in [-0.2, -0.15) is 4.31 Å². The fourth-order valence-electron chi connectivity index (χ4n) is 4.51. The highest BCUT2D eigenvalue weighted by molar-refractivity contribution is 7.89. The van der Waals surface area contributed by atoms with Crippen molar-refractivity contribution in [2.75, 3.05) is 18.4 Å². The zero-order valence-corrected chi connectivity index (χ0v) is 18.7. The lowest BCUT2D eigenvalue weighted by atomic mass is 9.77. The molecule has 4 nitrogen and oxygen atoms in total. The van der Waals surface area contributed by atoms with Crippen LogP contribution in [0, 0.1) is 5.92 Å². The summed E-state index contributed by atoms with van der Waals surface area (Å²) >= 11 is 12.6. The van der Waals surface area contributed by atoms with E-state index in [0.29, 0.717) is 28.0 Å². The van der Waals surface area contributed by atoms with Crippen molar-refractivity contribution in [2.24, 2.45) is 5.92 Å². The first kappa shape index (κ1) is 20.7. The fourth-order valence-corrected chi connectivity index (χ4v) is 6.53. The molecule has 0 amide bonds. The number of benzene rings is 2. The van der Waals surface area contributed by atoms with Crippen molar-refractivity contribution >= 4 is 38.9 Å². The van der Waals surface area contributed by atoms with Crippen molar-refractivity contribution in [3.63, 3.8) is 0 Å². The van der Waals surface area contributed by atoms with Gasteiger partial charge in [0.2, 0.25) is 10.0 Å². The average molecular weight is 451 g/mol. The van der Waals surface area contributed by atoms with E-state index in [2.05, 4.69) is 17.5 Å². The molecule has 3 unspecified atom stereocenters. The summed E-state index contributed by atoms with van der Waals surface area (Å²) in [6.07, 6.45) is 5.28. The van der Waals surface area contributed by atoms with Gasteiger partial charge in [-0.25, -0.2) is 8.42 Å². The molecule has 0 fully saturated rings. The number of anilines is 1. The maximum absolute atomic E-state index is 13.0. The van der Waals surface area contributed by atoms with E-state index in [1.165, 1.54) is 4.31 Å². The Balaban J connectivity index is 1.76. The topological polar surface area (TPSA) is 49.4 Å². The predicted octanol–water partition coefficient (Wildman–Crippen LogP) is 5.85. The fraction of sp³-hybridized carbons (Fsp3) is 0.364. The third-order valence-corrected chi connectivity index (χ3v) is 8.58. The van der Waals surface area contributed by atoms with E-state index in [0.717, 1.165) is 23.2 Å². The molecule has 0 spiro atoms. The summed E-state index contributed by atoms with van der Waals surface area (Å²) in [4.78, 5) is 0.351. The summed E-state index contributed by atoms with van der Waals surface area (Å²) in [6.45, 7) is 4.63. The summed E-state index contributed by atoms with van der Waals surface area (Å²) in [7, 11) is -3.49. The van der Waals surface area contributed by atoms with E-state index in [1.54, 1.807) is 12.1 Å². The molecule has 1 heterocycles. The van der Waals surface area contributed by atoms with Crippen LogP contribution in [0.1, 0.15) is 43.4 Å². The standard InChI is InChI=1S/C22H24Cl2N2O2S/c1-3-26(4-2)29(27,28)15-9-11-21-19(13-15)16-6-5-7-17(16)22(25-21)18-10-8-14(23)12-20(18)24/h5-6,8-13,16-17,22,25H,3-4,7H2,1-2H3. The highest BCUT2D eigenvalue weighted by Crippen LogP contribution is 2.51. The van der Waals surface area contributed by atoms with Gasteiger partial charge in [0.1, 0.15) is 0 Å². The molecule has 1 N–H and O–H groups in total. The van der Waals surface area contributed by atoms with Crippen LogP contribution in [0.15, 0.2) is 53.4 Å². The number of rotatable bonds is 5. The normalized spacial score (nSPS) is 23.0. The molecular weight excluding hydrogens is 427 g/mol. The highest BCUT2D eigenvalue weighted by Gasteiger charge is 2.39. The first-order valence-electron chi connectivity index (χ1n) is 9.89. The van der Waals surface area contributed by atoms with Crippen LogP contribution in [-0.4, -0.2) is 25.8 Å². The molecule has 0 radical (unpaired) electrons. The molecule has 2 aromatic rings. The van der Waals surface area contributed by atoms with Gasteiger partial charge in [0.25, 0.3) is 0 Å². The minimum Gasteiger partial charge on any atom is -0.378 e. The van der Waals surface area contributed by atoms with E-state index in [4.69, 9.17) is 23.2 Å². The Bertz CT molecular complexity index is 1060. The predicted molar refractivity (Wildman–Crippen MR) is 119 cm³/mol. The SMILES string of the molecule is CCN(CC)S(=O)(=O)c1ccc2c(c1)C1C=CCC1C(c1ccc(Cl)cc1Cl)N2. The van der Waals surface area contributed by atoms with Gasteiger partial charge in [-0.3, -0.25) is 0 Å². The number of halogens is 2. The Labute approximate surface area is 182 Å². The van der Waals surface area contributed by atoms with Gasteiger partial charge in [0.15, 0.2) is 0 Å². The van der Waals surface area contributed by atoms with E-state index >= 15 is 0 Å². The molecule has 29 heavy (non-hydrogen) atoms. The first-order chi connectivity index (χ1) is 13.9. The molecule has 1 aliphatic heterocycles. The van der Waals surface area contributed by atoms with E-state index < -0.39 is 10.0 Å². The molecule has 0 aromatic heterocycles. The number of nitrogens with zero attached hydrogens (tertiary/aromatic N) is 1. The smallest absolute Gasteiger partial charge is 0.243 e. The Kier molecular flexibility index (Phi) is 5.68. The first-order valence-corrected chi connectivity index (χ1v) is 12.1. The lowest BCUT2D eigenvalue weighted by Crippen LogP contribution is -2.32. The molecule has 2 aromatic carbocycles. The highest BCUT2D eigenvalue weighted by atomic mass is 35.5. The summed E-state index contributed by atoms with van der Waals surface area (Å²) < 4.78 is 27.5. The van der Waals surface area contributed by atoms with Crippen LogP contribution < -0.4 is 5.32 Å². The minimum absolute atomic E-state index is 0.0394. The number of nitrogens with one attached hydrogen (secondary N) is 1. The van der Waals surface area contributed by atoms with Gasteiger partial charge in [-0.05, 0) is 53.8 Å². The van der Waals surface area contributed by atoms with Crippen LogP contribution in [0.2, 0.25) is 10.0 Å². The van der Waals surface area contributed by atoms with Gasteiger partial charge in [0, 0.05) is 34.7 Å². The average Bonchev–Trinajstić information content (AvgIpc) is 3.18. The molecule has 2 aliphatic rings. The van der Waals surface area contributed by atoms with Crippen LogP contribution in [0.3, 0.4) is 0 Å². The molecule has 7 heteroatoms. The number of sulfonamides is 1. The van der Waals surface area contributed by atoms with Gasteiger partial charge >= 0.3 is 0 Å². The van der Waals surface area contributed by atoms with Gasteiger partial charge < -0.3 is 5.32 Å². The van der Waals surface area contributed by atoms with Gasteiger partial charge in [0.05, 0.1) is 10.9 Å². The molecule has 4 rings (SSSR count). The lowest BCUT2D eigenvalue weighted by Gasteiger charge is -2.38. The van der Waals surface area contributed by atoms with Crippen molar-refractivity contribution < 1.29 is 8.42 Å². The molecular formula is C22H24Cl2N2O2S. The molecule has 0 saturated carbocycles. The summed E-state index contributed by atoms with van der Waals surface area (Å²) in [5.74, 6) is 0.419. The van der Waals surface area contributed by atoms with Crippen LogP contribution in [0.25, 0.3) is 0 Å². The van der Waals surface area contributed by atoms with Gasteiger partial charge in [-0.15, -0.1) is 0 Å². The van der Waals surface area contributed by atoms with Crippen molar-refractivity contribution in [1.29, 1.82) is 0 Å². The second kappa shape index (κ2) is 7.95. The molecule has 0 bridgehead atoms. The summed E-state index contributed by atoms with van der Waals surface area (Å²) in [6, 6.07) is 11.1. The summed E-state index contributed by atoms with van der Waals surface area (Å²) in [5, 5.41) is 4.86. The third-order valence-electron chi connectivity index (χ3n) is 5.97. The van der Waals surface area contributed by atoms with Crippen LogP contribution in [0.4, 0.5) is 5.69 Å². The van der Waals surface area contributed by atoms with E-state index in [-0.39, 0.29) is 17.9 Å². The van der Waals surface area contributed by atoms with Crippen LogP contribution >= 0.6 is 23.2 Å². The van der Waals surface area contributed by atoms with Gasteiger partial charge in [-0.1, -0.05) is 55.3 Å². The van der Waals surface area contributed by atoms with E-state index in [9.17, 15) is 8.42 Å². The molecule has 1 aliphatic carbocycles. The zero-order valence-electron chi connectivity index (χ0n) is 16.4. The monoisotopic (exact) mass is 450 g/mol. The molecule has 0 saturated heterocycles. The molecule has 154 valence electrons. The number of fused-ring (bicyclic) bond motifs is 3. The maximum Gasteiger partial charge on any atom is 0.243 e.